The summed E-state index contributed by atoms with van der Waals surface area (Å²) in [5.41, 5.74) is 1.13. The minimum Gasteiger partial charge on any atom is -0.393 e. The SMILES string of the molecule is OC1CC(O)C(c2ccccc2)C1. The molecule has 0 spiro atoms. The molecule has 0 heterocycles. The zero-order valence-electron chi connectivity index (χ0n) is 7.43. The van der Waals surface area contributed by atoms with Gasteiger partial charge in [-0.1, -0.05) is 30.3 Å². The quantitative estimate of drug-likeness (QED) is 0.680. The van der Waals surface area contributed by atoms with Gasteiger partial charge < -0.3 is 10.2 Å². The topological polar surface area (TPSA) is 40.5 Å². The molecule has 0 saturated heterocycles. The predicted octanol–water partition coefficient (Wildman–Crippen LogP) is 1.29. The fourth-order valence-electron chi connectivity index (χ4n) is 2.05. The summed E-state index contributed by atoms with van der Waals surface area (Å²) in [6, 6.07) is 9.90. The molecule has 3 atom stereocenters. The fourth-order valence-corrected chi connectivity index (χ4v) is 2.05. The summed E-state index contributed by atoms with van der Waals surface area (Å²) in [4.78, 5) is 0. The first kappa shape index (κ1) is 8.73. The first-order valence-electron chi connectivity index (χ1n) is 4.68. The second-order valence-electron chi connectivity index (χ2n) is 3.71. The molecule has 0 aliphatic heterocycles. The Morgan fingerprint density at radius 1 is 1.00 bits per heavy atom. The fraction of sp³-hybridized carbons (Fsp3) is 0.455. The van der Waals surface area contributed by atoms with Crippen LogP contribution in [-0.4, -0.2) is 22.4 Å². The van der Waals surface area contributed by atoms with E-state index in [9.17, 15) is 10.2 Å². The maximum absolute atomic E-state index is 9.65. The molecular formula is C11H14O2. The molecule has 1 saturated carbocycles. The van der Waals surface area contributed by atoms with E-state index in [1.807, 2.05) is 30.3 Å². The standard InChI is InChI=1S/C11H14O2/c12-9-6-10(11(13)7-9)8-4-2-1-3-5-8/h1-5,9-13H,6-7H2. The number of benzene rings is 1. The van der Waals surface area contributed by atoms with Crippen LogP contribution in [0.25, 0.3) is 0 Å². The lowest BCUT2D eigenvalue weighted by atomic mass is 9.96. The maximum Gasteiger partial charge on any atom is 0.0634 e. The van der Waals surface area contributed by atoms with Gasteiger partial charge in [-0.15, -0.1) is 0 Å². The van der Waals surface area contributed by atoms with Gasteiger partial charge in [0.1, 0.15) is 0 Å². The van der Waals surface area contributed by atoms with E-state index in [0.29, 0.717) is 12.8 Å². The van der Waals surface area contributed by atoms with Crippen molar-refractivity contribution < 1.29 is 10.2 Å². The van der Waals surface area contributed by atoms with Gasteiger partial charge in [-0.05, 0) is 18.4 Å². The van der Waals surface area contributed by atoms with Crippen LogP contribution in [0.3, 0.4) is 0 Å². The van der Waals surface area contributed by atoms with Crippen LogP contribution in [0.1, 0.15) is 24.3 Å². The molecule has 0 radical (unpaired) electrons. The Hall–Kier alpha value is -0.860. The average molecular weight is 178 g/mol. The number of rotatable bonds is 1. The van der Waals surface area contributed by atoms with Crippen LogP contribution in [0.4, 0.5) is 0 Å². The largest absolute Gasteiger partial charge is 0.393 e. The summed E-state index contributed by atoms with van der Waals surface area (Å²) >= 11 is 0. The molecule has 1 aliphatic carbocycles. The van der Waals surface area contributed by atoms with Crippen LogP contribution < -0.4 is 0 Å². The smallest absolute Gasteiger partial charge is 0.0634 e. The van der Waals surface area contributed by atoms with Gasteiger partial charge in [0.25, 0.3) is 0 Å². The van der Waals surface area contributed by atoms with Crippen molar-refractivity contribution >= 4 is 0 Å². The molecular weight excluding hydrogens is 164 g/mol. The summed E-state index contributed by atoms with van der Waals surface area (Å²) in [5.74, 6) is 0.121. The highest BCUT2D eigenvalue weighted by Gasteiger charge is 2.32. The van der Waals surface area contributed by atoms with Gasteiger partial charge in [0.05, 0.1) is 12.2 Å². The minimum absolute atomic E-state index is 0.121. The molecule has 2 N–H and O–H groups in total. The third-order valence-corrected chi connectivity index (χ3v) is 2.73. The van der Waals surface area contributed by atoms with E-state index in [4.69, 9.17) is 0 Å². The molecule has 2 nitrogen and oxygen atoms in total. The number of aliphatic hydroxyl groups is 2. The Bertz CT molecular complexity index is 271. The lowest BCUT2D eigenvalue weighted by Gasteiger charge is -2.13. The Morgan fingerprint density at radius 3 is 2.23 bits per heavy atom. The first-order chi connectivity index (χ1) is 6.27. The van der Waals surface area contributed by atoms with E-state index in [-0.39, 0.29) is 18.1 Å². The van der Waals surface area contributed by atoms with Crippen molar-refractivity contribution in [1.29, 1.82) is 0 Å². The Labute approximate surface area is 77.8 Å². The summed E-state index contributed by atoms with van der Waals surface area (Å²) < 4.78 is 0. The third-order valence-electron chi connectivity index (χ3n) is 2.73. The second-order valence-corrected chi connectivity index (χ2v) is 3.71. The Kier molecular flexibility index (Phi) is 2.34. The van der Waals surface area contributed by atoms with Crippen molar-refractivity contribution in [2.75, 3.05) is 0 Å². The molecule has 0 bridgehead atoms. The molecule has 70 valence electrons. The van der Waals surface area contributed by atoms with Crippen LogP contribution in [0.2, 0.25) is 0 Å². The molecule has 2 heteroatoms. The number of hydrogen-bond acceptors (Lipinski definition) is 2. The summed E-state index contributed by atoms with van der Waals surface area (Å²) in [7, 11) is 0. The first-order valence-corrected chi connectivity index (χ1v) is 4.68. The Morgan fingerprint density at radius 2 is 1.69 bits per heavy atom. The minimum atomic E-state index is -0.377. The zero-order valence-corrected chi connectivity index (χ0v) is 7.43. The van der Waals surface area contributed by atoms with E-state index in [2.05, 4.69) is 0 Å². The average Bonchev–Trinajstić information content (AvgIpc) is 2.47. The van der Waals surface area contributed by atoms with Crippen LogP contribution in [0, 0.1) is 0 Å². The second kappa shape index (κ2) is 3.48. The van der Waals surface area contributed by atoms with Gasteiger partial charge in [-0.25, -0.2) is 0 Å². The molecule has 1 fully saturated rings. The summed E-state index contributed by atoms with van der Waals surface area (Å²) in [6.07, 6.45) is 0.489. The number of aliphatic hydroxyl groups excluding tert-OH is 2. The molecule has 2 rings (SSSR count). The van der Waals surface area contributed by atoms with E-state index in [1.165, 1.54) is 0 Å². The van der Waals surface area contributed by atoms with E-state index >= 15 is 0 Å². The predicted molar refractivity (Wildman–Crippen MR) is 50.4 cm³/mol. The summed E-state index contributed by atoms with van der Waals surface area (Å²) in [5, 5.41) is 19.0. The van der Waals surface area contributed by atoms with Crippen LogP contribution in [-0.2, 0) is 0 Å². The molecule has 1 aromatic carbocycles. The van der Waals surface area contributed by atoms with Gasteiger partial charge >= 0.3 is 0 Å². The number of hydrogen-bond donors (Lipinski definition) is 2. The van der Waals surface area contributed by atoms with Crippen molar-refractivity contribution in [2.24, 2.45) is 0 Å². The van der Waals surface area contributed by atoms with E-state index < -0.39 is 0 Å². The van der Waals surface area contributed by atoms with Gasteiger partial charge in [0.15, 0.2) is 0 Å². The zero-order chi connectivity index (χ0) is 9.26. The van der Waals surface area contributed by atoms with Gasteiger partial charge in [-0.2, -0.15) is 0 Å². The molecule has 1 aromatic rings. The van der Waals surface area contributed by atoms with Gasteiger partial charge in [0, 0.05) is 5.92 Å². The van der Waals surface area contributed by atoms with Crippen molar-refractivity contribution in [2.45, 2.75) is 31.0 Å². The summed E-state index contributed by atoms with van der Waals surface area (Å²) in [6.45, 7) is 0. The highest BCUT2D eigenvalue weighted by atomic mass is 16.3. The van der Waals surface area contributed by atoms with E-state index in [0.717, 1.165) is 5.56 Å². The monoisotopic (exact) mass is 178 g/mol. The van der Waals surface area contributed by atoms with Gasteiger partial charge in [0.2, 0.25) is 0 Å². The highest BCUT2D eigenvalue weighted by molar-refractivity contribution is 5.22. The molecule has 1 aliphatic rings. The third kappa shape index (κ3) is 1.74. The van der Waals surface area contributed by atoms with E-state index in [1.54, 1.807) is 0 Å². The molecule has 13 heavy (non-hydrogen) atoms. The molecule has 0 amide bonds. The van der Waals surface area contributed by atoms with Crippen molar-refractivity contribution in [3.8, 4) is 0 Å². The molecule has 0 aromatic heterocycles. The van der Waals surface area contributed by atoms with Crippen LogP contribution in [0.5, 0.6) is 0 Å². The van der Waals surface area contributed by atoms with Crippen molar-refractivity contribution in [3.05, 3.63) is 35.9 Å². The van der Waals surface area contributed by atoms with Crippen molar-refractivity contribution in [3.63, 3.8) is 0 Å². The maximum atomic E-state index is 9.65. The lowest BCUT2D eigenvalue weighted by Crippen LogP contribution is -2.10. The van der Waals surface area contributed by atoms with Crippen LogP contribution in [0.15, 0.2) is 30.3 Å². The van der Waals surface area contributed by atoms with Gasteiger partial charge in [-0.3, -0.25) is 0 Å². The highest BCUT2D eigenvalue weighted by Crippen LogP contribution is 2.34. The Balaban J connectivity index is 2.18. The van der Waals surface area contributed by atoms with Crippen LogP contribution >= 0.6 is 0 Å². The van der Waals surface area contributed by atoms with Crippen molar-refractivity contribution in [1.82, 2.24) is 0 Å². The normalized spacial score (nSPS) is 33.5. The molecule has 3 unspecified atom stereocenters. The lowest BCUT2D eigenvalue weighted by molar-refractivity contribution is 0.132.